The van der Waals surface area contributed by atoms with Crippen LogP contribution < -0.4 is 10.1 Å². The lowest BCUT2D eigenvalue weighted by molar-refractivity contribution is -0.138. The minimum Gasteiger partial charge on any atom is -0.481 e. The normalized spacial score (nSPS) is 17.0. The Hall–Kier alpha value is -1.85. The largest absolute Gasteiger partial charge is 0.481 e. The van der Waals surface area contributed by atoms with Crippen LogP contribution in [0, 0.1) is 0 Å². The lowest BCUT2D eigenvalue weighted by atomic mass is 9.74. The highest BCUT2D eigenvalue weighted by Gasteiger charge is 2.39. The van der Waals surface area contributed by atoms with E-state index >= 15 is 0 Å². The van der Waals surface area contributed by atoms with E-state index in [4.69, 9.17) is 9.84 Å². The Labute approximate surface area is 99.0 Å². The smallest absolute Gasteiger partial charge is 0.305 e. The Bertz CT molecular complexity index is 418. The van der Waals surface area contributed by atoms with Gasteiger partial charge in [0.1, 0.15) is 5.82 Å². The zero-order valence-corrected chi connectivity index (χ0v) is 9.64. The summed E-state index contributed by atoms with van der Waals surface area (Å²) >= 11 is 0. The number of methoxy groups -OCH3 is 1. The zero-order valence-electron chi connectivity index (χ0n) is 9.64. The van der Waals surface area contributed by atoms with E-state index in [2.05, 4.69) is 15.3 Å². The van der Waals surface area contributed by atoms with Crippen LogP contribution in [0.2, 0.25) is 0 Å². The second-order valence-corrected chi connectivity index (χ2v) is 4.28. The third kappa shape index (κ3) is 2.64. The minimum absolute atomic E-state index is 0.103. The van der Waals surface area contributed by atoms with Gasteiger partial charge in [0.05, 0.1) is 25.9 Å². The van der Waals surface area contributed by atoms with Gasteiger partial charge in [0.15, 0.2) is 0 Å². The number of carbonyl (C=O) groups is 1. The van der Waals surface area contributed by atoms with Gasteiger partial charge in [0, 0.05) is 5.54 Å². The van der Waals surface area contributed by atoms with Crippen molar-refractivity contribution in [1.82, 2.24) is 9.97 Å². The van der Waals surface area contributed by atoms with Gasteiger partial charge in [-0.2, -0.15) is 4.98 Å². The molecule has 6 nitrogen and oxygen atoms in total. The first-order valence-corrected chi connectivity index (χ1v) is 5.50. The number of nitrogens with zero attached hydrogens (tertiary/aromatic N) is 2. The van der Waals surface area contributed by atoms with Crippen LogP contribution in [0.3, 0.4) is 0 Å². The molecular weight excluding hydrogens is 222 g/mol. The Morgan fingerprint density at radius 2 is 2.35 bits per heavy atom. The standard InChI is InChI=1S/C11H15N3O3/c1-17-9-7-12-6-8(13-9)14-11(3-2-4-11)5-10(15)16/h6-7H,2-5H2,1H3,(H,13,14)(H,15,16). The van der Waals surface area contributed by atoms with Crippen molar-refractivity contribution < 1.29 is 14.6 Å². The quantitative estimate of drug-likeness (QED) is 0.802. The second-order valence-electron chi connectivity index (χ2n) is 4.28. The lowest BCUT2D eigenvalue weighted by Gasteiger charge is -2.41. The summed E-state index contributed by atoms with van der Waals surface area (Å²) in [5, 5.41) is 12.1. The average molecular weight is 237 g/mol. The molecule has 0 bridgehead atoms. The summed E-state index contributed by atoms with van der Waals surface area (Å²) < 4.78 is 4.97. The van der Waals surface area contributed by atoms with Gasteiger partial charge >= 0.3 is 5.97 Å². The van der Waals surface area contributed by atoms with Gasteiger partial charge in [-0.1, -0.05) is 0 Å². The van der Waals surface area contributed by atoms with E-state index in [9.17, 15) is 4.79 Å². The predicted molar refractivity (Wildman–Crippen MR) is 61.0 cm³/mol. The van der Waals surface area contributed by atoms with E-state index in [0.717, 1.165) is 19.3 Å². The third-order valence-electron chi connectivity index (χ3n) is 3.02. The first kappa shape index (κ1) is 11.6. The van der Waals surface area contributed by atoms with Gasteiger partial charge in [-0.3, -0.25) is 9.78 Å². The molecule has 0 saturated heterocycles. The molecule has 1 saturated carbocycles. The predicted octanol–water partition coefficient (Wildman–Crippen LogP) is 1.29. The average Bonchev–Trinajstić information content (AvgIpc) is 2.26. The highest BCUT2D eigenvalue weighted by Crippen LogP contribution is 2.37. The molecule has 0 radical (unpaired) electrons. The van der Waals surface area contributed by atoms with Gasteiger partial charge in [-0.05, 0) is 19.3 Å². The molecule has 6 heteroatoms. The van der Waals surface area contributed by atoms with Crippen LogP contribution in [0.5, 0.6) is 5.88 Å². The molecule has 1 aliphatic rings. The number of rotatable bonds is 5. The molecule has 1 aliphatic carbocycles. The van der Waals surface area contributed by atoms with Gasteiger partial charge in [-0.15, -0.1) is 0 Å². The van der Waals surface area contributed by atoms with Crippen molar-refractivity contribution in [2.45, 2.75) is 31.2 Å². The molecule has 1 aromatic rings. The number of ether oxygens (including phenoxy) is 1. The fourth-order valence-electron chi connectivity index (χ4n) is 2.02. The fourth-order valence-corrected chi connectivity index (χ4v) is 2.02. The number of anilines is 1. The zero-order chi connectivity index (χ0) is 12.3. The molecule has 1 aromatic heterocycles. The Kier molecular flexibility index (Phi) is 3.12. The third-order valence-corrected chi connectivity index (χ3v) is 3.02. The van der Waals surface area contributed by atoms with Crippen LogP contribution >= 0.6 is 0 Å². The van der Waals surface area contributed by atoms with E-state index < -0.39 is 5.97 Å². The monoisotopic (exact) mass is 237 g/mol. The van der Waals surface area contributed by atoms with E-state index in [1.165, 1.54) is 13.3 Å². The summed E-state index contributed by atoms with van der Waals surface area (Å²) in [6.45, 7) is 0. The van der Waals surface area contributed by atoms with Crippen molar-refractivity contribution in [3.8, 4) is 5.88 Å². The Morgan fingerprint density at radius 3 is 2.88 bits per heavy atom. The maximum atomic E-state index is 10.8. The summed E-state index contributed by atoms with van der Waals surface area (Å²) in [6.07, 6.45) is 5.92. The van der Waals surface area contributed by atoms with Crippen LogP contribution in [0.15, 0.2) is 12.4 Å². The highest BCUT2D eigenvalue weighted by molar-refractivity contribution is 5.69. The van der Waals surface area contributed by atoms with Crippen LogP contribution in [-0.4, -0.2) is 33.7 Å². The number of nitrogens with one attached hydrogen (secondary N) is 1. The molecule has 1 fully saturated rings. The molecule has 0 aliphatic heterocycles. The van der Waals surface area contributed by atoms with Crippen molar-refractivity contribution in [1.29, 1.82) is 0 Å². The molecule has 17 heavy (non-hydrogen) atoms. The molecule has 2 N–H and O–H groups in total. The first-order valence-electron chi connectivity index (χ1n) is 5.50. The summed E-state index contributed by atoms with van der Waals surface area (Å²) in [7, 11) is 1.52. The van der Waals surface area contributed by atoms with Gasteiger partial charge in [0.25, 0.3) is 0 Å². The maximum Gasteiger partial charge on any atom is 0.305 e. The molecule has 0 spiro atoms. The Balaban J connectivity index is 2.09. The summed E-state index contributed by atoms with van der Waals surface area (Å²) in [5.74, 6) is 0.179. The van der Waals surface area contributed by atoms with Crippen molar-refractivity contribution >= 4 is 11.8 Å². The summed E-state index contributed by atoms with van der Waals surface area (Å²) in [4.78, 5) is 19.0. The number of aromatic nitrogens is 2. The van der Waals surface area contributed by atoms with E-state index in [-0.39, 0.29) is 12.0 Å². The van der Waals surface area contributed by atoms with Gasteiger partial charge in [-0.25, -0.2) is 0 Å². The minimum atomic E-state index is -0.798. The fraction of sp³-hybridized carbons (Fsp3) is 0.545. The van der Waals surface area contributed by atoms with Crippen molar-refractivity contribution in [2.75, 3.05) is 12.4 Å². The molecule has 0 aromatic carbocycles. The van der Waals surface area contributed by atoms with E-state index in [1.54, 1.807) is 6.20 Å². The number of aliphatic carboxylic acids is 1. The van der Waals surface area contributed by atoms with Crippen molar-refractivity contribution in [3.05, 3.63) is 12.4 Å². The first-order chi connectivity index (χ1) is 8.13. The number of carboxylic acid groups (broad SMARTS) is 1. The topological polar surface area (TPSA) is 84.3 Å². The molecule has 0 amide bonds. The van der Waals surface area contributed by atoms with Crippen LogP contribution in [0.25, 0.3) is 0 Å². The number of hydrogen-bond acceptors (Lipinski definition) is 5. The van der Waals surface area contributed by atoms with E-state index in [1.807, 2.05) is 0 Å². The molecule has 2 rings (SSSR count). The van der Waals surface area contributed by atoms with Crippen LogP contribution in [-0.2, 0) is 4.79 Å². The highest BCUT2D eigenvalue weighted by atomic mass is 16.5. The summed E-state index contributed by atoms with van der Waals surface area (Å²) in [5.41, 5.74) is -0.368. The molecular formula is C11H15N3O3. The Morgan fingerprint density at radius 1 is 1.59 bits per heavy atom. The number of carboxylic acids is 1. The molecule has 1 heterocycles. The lowest BCUT2D eigenvalue weighted by Crippen LogP contribution is -2.47. The maximum absolute atomic E-state index is 10.8. The van der Waals surface area contributed by atoms with Crippen LogP contribution in [0.1, 0.15) is 25.7 Å². The van der Waals surface area contributed by atoms with Crippen molar-refractivity contribution in [2.24, 2.45) is 0 Å². The summed E-state index contributed by atoms with van der Waals surface area (Å²) in [6, 6.07) is 0. The molecule has 0 atom stereocenters. The number of hydrogen-bond donors (Lipinski definition) is 2. The van der Waals surface area contributed by atoms with Crippen LogP contribution in [0.4, 0.5) is 5.82 Å². The molecule has 92 valence electrons. The second kappa shape index (κ2) is 4.57. The van der Waals surface area contributed by atoms with E-state index in [0.29, 0.717) is 11.7 Å². The molecule has 0 unspecified atom stereocenters. The van der Waals surface area contributed by atoms with Gasteiger partial charge in [0.2, 0.25) is 5.88 Å². The van der Waals surface area contributed by atoms with Gasteiger partial charge < -0.3 is 15.2 Å². The SMILES string of the molecule is COc1cncc(NC2(CC(=O)O)CCC2)n1. The van der Waals surface area contributed by atoms with Crippen molar-refractivity contribution in [3.63, 3.8) is 0 Å².